The van der Waals surface area contributed by atoms with Crippen LogP contribution in [0.25, 0.3) is 0 Å². The lowest BCUT2D eigenvalue weighted by atomic mass is 9.43. The van der Waals surface area contributed by atoms with Gasteiger partial charge in [0.05, 0.1) is 0 Å². The third kappa shape index (κ3) is 2.07. The van der Waals surface area contributed by atoms with Crippen LogP contribution in [0.2, 0.25) is 0 Å². The Morgan fingerprint density at radius 2 is 1.76 bits per heavy atom. The van der Waals surface area contributed by atoms with Gasteiger partial charge in [-0.3, -0.25) is 0 Å². The van der Waals surface area contributed by atoms with Crippen LogP contribution in [0.5, 0.6) is 0 Å². The first-order valence-electron chi connectivity index (χ1n) is 10.8. The molecule has 1 aromatic carbocycles. The van der Waals surface area contributed by atoms with Gasteiger partial charge in [-0.25, -0.2) is 0 Å². The number of benzene rings is 1. The van der Waals surface area contributed by atoms with E-state index in [1.165, 1.54) is 49.8 Å². The number of aryl methyl sites for hydroxylation is 1. The minimum absolute atomic E-state index is 0.274. The maximum absolute atomic E-state index is 2.84. The van der Waals surface area contributed by atoms with Gasteiger partial charge in [-0.05, 0) is 107 Å². The van der Waals surface area contributed by atoms with E-state index in [9.17, 15) is 0 Å². The molecule has 3 saturated carbocycles. The summed E-state index contributed by atoms with van der Waals surface area (Å²) in [5.41, 5.74) is 3.79. The topological polar surface area (TPSA) is 3.24 Å². The monoisotopic (exact) mass is 337 g/mol. The van der Waals surface area contributed by atoms with Crippen molar-refractivity contribution in [3.63, 3.8) is 0 Å². The number of rotatable bonds is 1. The molecule has 0 aromatic heterocycles. The summed E-state index contributed by atoms with van der Waals surface area (Å²) >= 11 is 0. The minimum Gasteiger partial charge on any atom is -0.363 e. The number of para-hydroxylation sites is 1. The Morgan fingerprint density at radius 1 is 1.00 bits per heavy atom. The molecular weight excluding hydrogens is 302 g/mol. The van der Waals surface area contributed by atoms with Crippen molar-refractivity contribution < 1.29 is 0 Å². The molecule has 3 aliphatic carbocycles. The zero-order valence-electron chi connectivity index (χ0n) is 16.6. The molecule has 136 valence electrons. The number of fused-ring (bicyclic) bond motifs is 1. The predicted molar refractivity (Wildman–Crippen MR) is 106 cm³/mol. The molecule has 5 rings (SSSR count). The molecule has 1 aromatic rings. The zero-order valence-corrected chi connectivity index (χ0v) is 16.6. The van der Waals surface area contributed by atoms with Crippen molar-refractivity contribution >= 4 is 5.69 Å². The molecule has 1 aliphatic heterocycles. The highest BCUT2D eigenvalue weighted by molar-refractivity contribution is 5.58. The molecule has 1 saturated heterocycles. The molecule has 1 heterocycles. The van der Waals surface area contributed by atoms with Crippen molar-refractivity contribution in [2.24, 2.45) is 29.1 Å². The molecule has 0 radical (unpaired) electrons. The van der Waals surface area contributed by atoms with Crippen LogP contribution in [-0.4, -0.2) is 11.6 Å². The smallest absolute Gasteiger partial charge is 0.0402 e. The molecule has 6 atom stereocenters. The summed E-state index contributed by atoms with van der Waals surface area (Å²) in [7, 11) is 0. The summed E-state index contributed by atoms with van der Waals surface area (Å²) in [4.78, 5) is 2.84. The van der Waals surface area contributed by atoms with Gasteiger partial charge in [0, 0.05) is 17.3 Å². The van der Waals surface area contributed by atoms with Gasteiger partial charge in [-0.2, -0.15) is 0 Å². The predicted octanol–water partition coefficient (Wildman–Crippen LogP) is 6.20. The third-order valence-corrected chi connectivity index (χ3v) is 8.99. The highest BCUT2D eigenvalue weighted by Crippen LogP contribution is 2.69. The first-order chi connectivity index (χ1) is 11.9. The van der Waals surface area contributed by atoms with E-state index in [2.05, 4.69) is 56.9 Å². The molecule has 1 spiro atoms. The van der Waals surface area contributed by atoms with Gasteiger partial charge in [0.2, 0.25) is 0 Å². The lowest BCUT2D eigenvalue weighted by molar-refractivity contribution is -0.109. The van der Waals surface area contributed by atoms with Crippen LogP contribution in [-0.2, 0) is 0 Å². The van der Waals surface area contributed by atoms with E-state index < -0.39 is 0 Å². The zero-order chi connectivity index (χ0) is 17.4. The second kappa shape index (κ2) is 5.27. The van der Waals surface area contributed by atoms with Crippen LogP contribution in [0.4, 0.5) is 5.69 Å². The second-order valence-electron chi connectivity index (χ2n) is 10.5. The summed E-state index contributed by atoms with van der Waals surface area (Å²) in [5.74, 6) is 4.07. The quantitative estimate of drug-likeness (QED) is 0.589. The highest BCUT2D eigenvalue weighted by Gasteiger charge is 2.65. The van der Waals surface area contributed by atoms with E-state index in [1.54, 1.807) is 6.42 Å². The summed E-state index contributed by atoms with van der Waals surface area (Å²) < 4.78 is 0. The standard InChI is InChI=1S/C24H35N/c1-16-7-5-6-8-22(16)25-17(2)24(15-23(25,3)4)20-12-11-19-10-9-18(13-20)14-21(19)24/h5-8,17-21H,9-15H2,1-4H3/t17-,18?,19?,20?,21?,24?/m0/s1. The number of anilines is 1. The number of nitrogens with zero attached hydrogens (tertiary/aromatic N) is 1. The van der Waals surface area contributed by atoms with Crippen molar-refractivity contribution in [2.75, 3.05) is 4.90 Å². The molecule has 4 fully saturated rings. The van der Waals surface area contributed by atoms with E-state index in [1.807, 2.05) is 0 Å². The highest BCUT2D eigenvalue weighted by atomic mass is 15.3. The van der Waals surface area contributed by atoms with Crippen LogP contribution in [0.3, 0.4) is 0 Å². The molecule has 1 heteroatoms. The van der Waals surface area contributed by atoms with Crippen LogP contribution >= 0.6 is 0 Å². The van der Waals surface area contributed by atoms with E-state index in [-0.39, 0.29) is 5.54 Å². The van der Waals surface area contributed by atoms with Gasteiger partial charge in [0.1, 0.15) is 0 Å². The number of hydrogen-bond acceptors (Lipinski definition) is 1. The Labute approximate surface area is 154 Å². The SMILES string of the molecule is Cc1ccccc1N1[C@@H](C)C2(CC1(C)C)C1CCC3CCC(C1)CC32. The van der Waals surface area contributed by atoms with Crippen LogP contribution in [0.15, 0.2) is 24.3 Å². The van der Waals surface area contributed by atoms with Gasteiger partial charge in [0.25, 0.3) is 0 Å². The van der Waals surface area contributed by atoms with Crippen LogP contribution in [0, 0.1) is 36.0 Å². The third-order valence-electron chi connectivity index (χ3n) is 8.99. The van der Waals surface area contributed by atoms with E-state index in [4.69, 9.17) is 0 Å². The van der Waals surface area contributed by atoms with E-state index in [0.29, 0.717) is 11.5 Å². The molecule has 25 heavy (non-hydrogen) atoms. The van der Waals surface area contributed by atoms with Gasteiger partial charge in [-0.1, -0.05) is 24.6 Å². The Kier molecular flexibility index (Phi) is 3.42. The molecular formula is C24H35N. The fourth-order valence-electron chi connectivity index (χ4n) is 8.31. The normalized spacial score (nSPS) is 44.5. The lowest BCUT2D eigenvalue weighted by Gasteiger charge is -2.61. The van der Waals surface area contributed by atoms with Crippen molar-refractivity contribution in [1.29, 1.82) is 0 Å². The summed E-state index contributed by atoms with van der Waals surface area (Å²) in [6.07, 6.45) is 10.6. The summed E-state index contributed by atoms with van der Waals surface area (Å²) in [6, 6.07) is 9.78. The van der Waals surface area contributed by atoms with E-state index >= 15 is 0 Å². The largest absolute Gasteiger partial charge is 0.363 e. The summed E-state index contributed by atoms with van der Waals surface area (Å²) in [6.45, 7) is 9.93. The van der Waals surface area contributed by atoms with Gasteiger partial charge < -0.3 is 4.90 Å². The fraction of sp³-hybridized carbons (Fsp3) is 0.750. The maximum atomic E-state index is 2.84. The average molecular weight is 338 g/mol. The Balaban J connectivity index is 1.61. The summed E-state index contributed by atoms with van der Waals surface area (Å²) in [5, 5.41) is 0. The average Bonchev–Trinajstić information content (AvgIpc) is 2.75. The van der Waals surface area contributed by atoms with Gasteiger partial charge >= 0.3 is 0 Å². The second-order valence-corrected chi connectivity index (χ2v) is 10.5. The van der Waals surface area contributed by atoms with Crippen LogP contribution < -0.4 is 4.90 Å². The van der Waals surface area contributed by atoms with Gasteiger partial charge in [-0.15, -0.1) is 0 Å². The van der Waals surface area contributed by atoms with Crippen LogP contribution in [0.1, 0.15) is 71.3 Å². The first kappa shape index (κ1) is 16.2. The lowest BCUT2D eigenvalue weighted by Crippen LogP contribution is -2.57. The molecule has 1 nitrogen and oxygen atoms in total. The molecule has 4 aliphatic rings. The van der Waals surface area contributed by atoms with E-state index in [0.717, 1.165) is 23.7 Å². The fourth-order valence-corrected chi connectivity index (χ4v) is 8.31. The molecule has 0 N–H and O–H groups in total. The van der Waals surface area contributed by atoms with Gasteiger partial charge in [0.15, 0.2) is 0 Å². The molecule has 0 amide bonds. The van der Waals surface area contributed by atoms with Crippen molar-refractivity contribution in [2.45, 2.75) is 84.2 Å². The first-order valence-corrected chi connectivity index (χ1v) is 10.8. The Bertz CT molecular complexity index is 672. The van der Waals surface area contributed by atoms with Crippen molar-refractivity contribution in [1.82, 2.24) is 0 Å². The Morgan fingerprint density at radius 3 is 2.56 bits per heavy atom. The minimum atomic E-state index is 0.274. The Hall–Kier alpha value is -0.980. The number of hydrogen-bond donors (Lipinski definition) is 0. The molecule has 5 unspecified atom stereocenters. The maximum Gasteiger partial charge on any atom is 0.0402 e. The van der Waals surface area contributed by atoms with Crippen molar-refractivity contribution in [3.8, 4) is 0 Å². The van der Waals surface area contributed by atoms with Crippen molar-refractivity contribution in [3.05, 3.63) is 29.8 Å². The molecule has 3 bridgehead atoms.